The van der Waals surface area contributed by atoms with E-state index in [1.54, 1.807) is 36.5 Å². The molecule has 0 spiro atoms. The van der Waals surface area contributed by atoms with Gasteiger partial charge in [-0.25, -0.2) is 28.6 Å². The number of anilines is 1. The maximum absolute atomic E-state index is 12.7. The highest BCUT2D eigenvalue weighted by atomic mass is 32.2. The number of hydrogen-bond acceptors (Lipinski definition) is 21. The van der Waals surface area contributed by atoms with Gasteiger partial charge < -0.3 is 66.2 Å². The average Bonchev–Trinajstić information content (AvgIpc) is 3.86. The van der Waals surface area contributed by atoms with Gasteiger partial charge in [-0.1, -0.05) is 74.2 Å². The molecule has 0 aliphatic carbocycles. The second kappa shape index (κ2) is 30.5. The number of aromatic nitrogens is 4. The summed E-state index contributed by atoms with van der Waals surface area (Å²) in [5, 5.41) is 54.9. The van der Waals surface area contributed by atoms with E-state index in [2.05, 4.69) is 34.4 Å². The number of aliphatic carboxylic acids is 1. The first-order chi connectivity index (χ1) is 34.2. The normalized spacial score (nSPS) is 20.7. The van der Waals surface area contributed by atoms with Crippen molar-refractivity contribution in [2.45, 2.75) is 114 Å². The van der Waals surface area contributed by atoms with Gasteiger partial charge in [0.15, 0.2) is 22.8 Å². The van der Waals surface area contributed by atoms with Crippen LogP contribution in [-0.2, 0) is 55.5 Å². The van der Waals surface area contributed by atoms with E-state index in [-0.39, 0.29) is 48.0 Å². The number of rotatable bonds is 34. The number of unbranched alkanes of at least 4 members (excludes halogenated alkanes) is 2. The smallest absolute Gasteiger partial charge is 0.481 e. The maximum Gasteiger partial charge on any atom is 0.481 e. The summed E-state index contributed by atoms with van der Waals surface area (Å²) in [6, 6.07) is 0. The predicted molar refractivity (Wildman–Crippen MR) is 260 cm³/mol. The Kier molecular flexibility index (Phi) is 26.4. The largest absolute Gasteiger partial charge is 0.481 e. The fraction of sp³-hybridized carbons (Fsp3) is 0.585. The van der Waals surface area contributed by atoms with Crippen molar-refractivity contribution in [3.8, 4) is 0 Å². The Labute approximate surface area is 423 Å². The molecule has 0 aromatic carbocycles. The number of carboxylic acids is 1. The fourth-order valence-corrected chi connectivity index (χ4v) is 9.95. The van der Waals surface area contributed by atoms with Crippen LogP contribution < -0.4 is 16.4 Å². The number of nitrogens with one attached hydrogen (secondary N) is 2. The SMILES string of the molecule is CC(C)(COP(=O)(O)OP(=O)(O)OC[C@H]1O[C@@H](n2cnc3c(N)ncnc32)[C@@H](O)[C@H]1OP(=O)(O)O)C(O)C(=O)NCCC(=O)NCCSC(=O)CCCC/C=C\C[C@H](O)/C=C/C=C/C=C[C@H](O)CCCC(=O)O. The zero-order valence-corrected chi connectivity index (χ0v) is 43.3. The van der Waals surface area contributed by atoms with Crippen LogP contribution in [0, 0.1) is 5.41 Å². The summed E-state index contributed by atoms with van der Waals surface area (Å²) in [7, 11) is -16.5. The fourth-order valence-electron chi connectivity index (χ4n) is 6.40. The lowest BCUT2D eigenvalue weighted by atomic mass is 9.87. The van der Waals surface area contributed by atoms with Crippen molar-refractivity contribution in [2.75, 3.05) is 37.8 Å². The van der Waals surface area contributed by atoms with Crippen molar-refractivity contribution in [1.29, 1.82) is 0 Å². The highest BCUT2D eigenvalue weighted by Crippen LogP contribution is 2.61. The van der Waals surface area contributed by atoms with Gasteiger partial charge in [0.1, 0.15) is 36.3 Å². The lowest BCUT2D eigenvalue weighted by Crippen LogP contribution is -2.46. The molecule has 9 atom stereocenters. The Morgan fingerprint density at radius 1 is 0.890 bits per heavy atom. The number of phosphoric ester groups is 3. The van der Waals surface area contributed by atoms with E-state index in [9.17, 15) is 72.9 Å². The molecule has 13 N–H and O–H groups in total. The molecule has 1 aliphatic heterocycles. The predicted octanol–water partition coefficient (Wildman–Crippen LogP) is 1.82. The van der Waals surface area contributed by atoms with E-state index in [1.165, 1.54) is 13.8 Å². The van der Waals surface area contributed by atoms with Gasteiger partial charge in [-0.05, 0) is 38.5 Å². The first-order valence-electron chi connectivity index (χ1n) is 22.5. The minimum Gasteiger partial charge on any atom is -0.481 e. The molecule has 2 aromatic heterocycles. The van der Waals surface area contributed by atoms with Gasteiger partial charge in [-0.15, -0.1) is 0 Å². The molecule has 410 valence electrons. The molecule has 3 heterocycles. The second-order valence-electron chi connectivity index (χ2n) is 16.8. The third-order valence-corrected chi connectivity index (χ3v) is 14.2. The summed E-state index contributed by atoms with van der Waals surface area (Å²) < 4.78 is 62.4. The standard InChI is InChI=1S/C41H64N7O21P3S/c1-41(2,24-66-72(63,64)69-71(61,62)65-23-29-35(68-70(58,59)60)34(55)40(67-29)48-26-47-33-37(42)45-25-46-38(33)48)36(56)39(57)44-20-19-30(51)43-21-22-73-32(54)18-11-5-3-4-8-13-27(49)14-9-6-7-10-15-28(50)16-12-17-31(52)53/h4,6-10,14-15,25-29,34-36,40,49-50,55-56H,3,5,11-13,16-24H2,1-2H3,(H,43,51)(H,44,57)(H,52,53)(H,61,62)(H,63,64)(H2,42,45,46)(H2,58,59,60)/b7-6+,8-4-,14-9+,15-10?/t27-,28-,29+,34-,35-,36?,40+/m0/s1. The quantitative estimate of drug-likeness (QED) is 0.0206. The van der Waals surface area contributed by atoms with Crippen molar-refractivity contribution >= 4 is 75.1 Å². The van der Waals surface area contributed by atoms with Crippen LogP contribution in [-0.4, -0.2) is 156 Å². The molecule has 2 amide bonds. The number of phosphoric acid groups is 3. The number of nitrogens with two attached hydrogens (primary N) is 1. The topological polar surface area (TPSA) is 441 Å². The van der Waals surface area contributed by atoms with Gasteiger partial charge in [-0.3, -0.25) is 37.3 Å². The van der Waals surface area contributed by atoms with Crippen molar-refractivity contribution in [3.63, 3.8) is 0 Å². The van der Waals surface area contributed by atoms with Gasteiger partial charge >= 0.3 is 29.4 Å². The van der Waals surface area contributed by atoms with Crippen LogP contribution in [0.1, 0.15) is 77.9 Å². The van der Waals surface area contributed by atoms with E-state index in [1.807, 2.05) is 12.2 Å². The van der Waals surface area contributed by atoms with E-state index in [0.717, 1.165) is 41.8 Å². The number of fused-ring (bicyclic) bond motifs is 1. The number of aliphatic hydroxyl groups is 4. The number of nitrogen functional groups attached to an aromatic ring is 1. The Bertz CT molecular complexity index is 2400. The Balaban J connectivity index is 1.29. The van der Waals surface area contributed by atoms with Crippen LogP contribution in [0.3, 0.4) is 0 Å². The molecule has 0 bridgehead atoms. The molecular weight excluding hydrogens is 1050 g/mol. The van der Waals surface area contributed by atoms with E-state index >= 15 is 0 Å². The third kappa shape index (κ3) is 24.0. The summed E-state index contributed by atoms with van der Waals surface area (Å²) in [4.78, 5) is 98.9. The Morgan fingerprint density at radius 3 is 2.26 bits per heavy atom. The number of imidazole rings is 1. The summed E-state index contributed by atoms with van der Waals surface area (Å²) in [5.41, 5.74) is 4.22. The van der Waals surface area contributed by atoms with Crippen molar-refractivity contribution in [2.24, 2.45) is 5.41 Å². The van der Waals surface area contributed by atoms with Crippen LogP contribution in [0.25, 0.3) is 11.2 Å². The average molecular weight is 1120 g/mol. The van der Waals surface area contributed by atoms with Crippen molar-refractivity contribution < 1.29 is 101 Å². The summed E-state index contributed by atoms with van der Waals surface area (Å²) in [6.07, 6.45) is 8.75. The molecule has 1 aliphatic rings. The molecule has 3 rings (SSSR count). The number of carbonyl (C=O) groups is 4. The minimum atomic E-state index is -5.60. The number of thioether (sulfide) groups is 1. The van der Waals surface area contributed by atoms with Crippen LogP contribution in [0.4, 0.5) is 5.82 Å². The van der Waals surface area contributed by atoms with Gasteiger partial charge in [0.05, 0.1) is 31.7 Å². The lowest BCUT2D eigenvalue weighted by Gasteiger charge is -2.30. The zero-order chi connectivity index (χ0) is 54.4. The third-order valence-electron chi connectivity index (χ3n) is 10.2. The molecule has 73 heavy (non-hydrogen) atoms. The molecule has 28 nitrogen and oxygen atoms in total. The van der Waals surface area contributed by atoms with E-state index < -0.39 is 103 Å². The van der Waals surface area contributed by atoms with Gasteiger partial charge in [-0.2, -0.15) is 4.31 Å². The summed E-state index contributed by atoms with van der Waals surface area (Å²) in [5.74, 6) is -2.12. The number of nitrogens with zero attached hydrogens (tertiary/aromatic N) is 4. The number of carbonyl (C=O) groups excluding carboxylic acids is 3. The molecule has 0 saturated carbocycles. The van der Waals surface area contributed by atoms with Crippen molar-refractivity contribution in [3.05, 3.63) is 61.3 Å². The number of hydrogen-bond donors (Lipinski definition) is 12. The molecular formula is C41H64N7O21P3S. The Morgan fingerprint density at radius 2 is 1.58 bits per heavy atom. The monoisotopic (exact) mass is 1120 g/mol. The Hall–Kier alpha value is -4.09. The van der Waals surface area contributed by atoms with Crippen LogP contribution in [0.15, 0.2) is 61.3 Å². The molecule has 1 fully saturated rings. The van der Waals surface area contributed by atoms with Crippen molar-refractivity contribution in [1.82, 2.24) is 30.2 Å². The highest BCUT2D eigenvalue weighted by molar-refractivity contribution is 8.13. The second-order valence-corrected chi connectivity index (χ2v) is 22.2. The van der Waals surface area contributed by atoms with Crippen LogP contribution >= 0.6 is 35.2 Å². The first kappa shape index (κ1) is 63.2. The number of aliphatic hydroxyl groups excluding tert-OH is 4. The van der Waals surface area contributed by atoms with Crippen LogP contribution in [0.5, 0.6) is 0 Å². The number of allylic oxidation sites excluding steroid dienone is 5. The minimum absolute atomic E-state index is 0.00175. The molecule has 1 saturated heterocycles. The molecule has 32 heteroatoms. The lowest BCUT2D eigenvalue weighted by molar-refractivity contribution is -0.138. The number of carboxylic acid groups (broad SMARTS) is 1. The number of amides is 2. The molecule has 0 radical (unpaired) electrons. The number of ether oxygens (including phenoxy) is 1. The zero-order valence-electron chi connectivity index (χ0n) is 39.8. The van der Waals surface area contributed by atoms with E-state index in [4.69, 9.17) is 24.6 Å². The van der Waals surface area contributed by atoms with Gasteiger partial charge in [0.25, 0.3) is 0 Å². The van der Waals surface area contributed by atoms with E-state index in [0.29, 0.717) is 37.9 Å². The first-order valence-corrected chi connectivity index (χ1v) is 28.0. The molecule has 2 aromatic rings. The van der Waals surface area contributed by atoms with Crippen LogP contribution in [0.2, 0.25) is 0 Å². The van der Waals surface area contributed by atoms with Gasteiger partial charge in [0, 0.05) is 43.5 Å². The highest BCUT2D eigenvalue weighted by Gasteiger charge is 2.50. The maximum atomic E-state index is 12.7. The summed E-state index contributed by atoms with van der Waals surface area (Å²) >= 11 is 1.06. The van der Waals surface area contributed by atoms with Gasteiger partial charge in [0.2, 0.25) is 11.8 Å². The summed E-state index contributed by atoms with van der Waals surface area (Å²) in [6.45, 7) is 0.354. The molecule has 3 unspecified atom stereocenters.